The van der Waals surface area contributed by atoms with Crippen LogP contribution in [0.4, 0.5) is 0 Å². The lowest BCUT2D eigenvalue weighted by atomic mass is 9.82. The number of pyridine rings is 9. The zero-order valence-electron chi connectivity index (χ0n) is 96.7. The van der Waals surface area contributed by atoms with Gasteiger partial charge in [-0.1, -0.05) is 298 Å². The summed E-state index contributed by atoms with van der Waals surface area (Å²) in [4.78, 5) is 50.9. The van der Waals surface area contributed by atoms with Gasteiger partial charge in [0.1, 0.15) is 41.8 Å². The molecule has 18 aromatic heterocycles. The monoisotopic (exact) mass is 2030 g/mol. The summed E-state index contributed by atoms with van der Waals surface area (Å²) in [6.45, 7) is 95.2. The number of hydrogen-bond acceptors (Lipinski definition) is 20. The molecule has 18 heterocycles. The third-order valence-electron chi connectivity index (χ3n) is 24.2. The van der Waals surface area contributed by atoms with Crippen molar-refractivity contribution in [2.75, 3.05) is 0 Å². The second-order valence-corrected chi connectivity index (χ2v) is 57.4. The first-order chi connectivity index (χ1) is 66.9. The Kier molecular flexibility index (Phi) is 33.7. The van der Waals surface area contributed by atoms with E-state index in [1.165, 1.54) is 86.9 Å². The highest BCUT2D eigenvalue weighted by Crippen LogP contribution is 2.47. The van der Waals surface area contributed by atoms with Gasteiger partial charge >= 0.3 is 0 Å². The molecule has 0 amide bonds. The van der Waals surface area contributed by atoms with Crippen molar-refractivity contribution in [1.29, 1.82) is 10.5 Å². The maximum Gasteiger partial charge on any atom is 0.226 e. The standard InChI is InChI=1S/2C16H20N2S.4C15H21NS.C11H13NO.2C10H11NO/c1-15(2,3)12-7-11-14(19-12)13(16(4,5)6)10(8-17)9-18-11;1-15(2,3)12-7-11-13(16(4,5)6)10(8-17)9-18-14(11)19-12;2*1-14(2,3)11-7-8-16-13-10(11)9-12(17-13)15(4,5)6;2*1-14(2,3)10-7-8-16-11-9-12(15(4,5)6)17-13(10)11;1-11(2,3)8-4-6-12-9-5-7-13-10(8)9;1-7(2)8-3-5-11-9-4-6-12-10(8)9;1-7(2)8-3-5-11-10-9(8)4-6-12-10/h2*7,9H,1-6H3;4*7-9H,1-6H3;4-7H,1-3H3;2*3-7H,1-2H3/i;;;;;;7D;2*6D. The van der Waals surface area contributed by atoms with Crippen molar-refractivity contribution < 1.29 is 17.4 Å². The molecule has 760 valence electrons. The van der Waals surface area contributed by atoms with E-state index in [0.717, 1.165) is 81.3 Å². The van der Waals surface area contributed by atoms with E-state index in [-0.39, 0.29) is 89.1 Å². The fourth-order valence-corrected chi connectivity index (χ4v) is 23.7. The van der Waals surface area contributed by atoms with Crippen LogP contribution in [0.25, 0.3) is 94.6 Å². The minimum absolute atomic E-state index is 0.0193. The van der Waals surface area contributed by atoms with Crippen LogP contribution in [-0.4, -0.2) is 44.9 Å². The van der Waals surface area contributed by atoms with E-state index in [9.17, 15) is 10.5 Å². The molecule has 0 aliphatic heterocycles. The lowest BCUT2D eigenvalue weighted by Crippen LogP contribution is -2.14. The van der Waals surface area contributed by atoms with Gasteiger partial charge in [0.2, 0.25) is 5.71 Å². The van der Waals surface area contributed by atoms with Crippen LogP contribution in [0.1, 0.15) is 404 Å². The van der Waals surface area contributed by atoms with Gasteiger partial charge < -0.3 is 13.3 Å². The zero-order chi connectivity index (χ0) is 109. The maximum absolute atomic E-state index is 9.32. The third kappa shape index (κ3) is 28.7. The van der Waals surface area contributed by atoms with E-state index < -0.39 is 0 Å². The van der Waals surface area contributed by atoms with Gasteiger partial charge in [-0.2, -0.15) is 10.5 Å². The molecule has 0 aliphatic carbocycles. The molecule has 18 rings (SSSR count). The van der Waals surface area contributed by atoms with Gasteiger partial charge in [0.15, 0.2) is 11.2 Å². The minimum atomic E-state index is -0.0531. The number of aromatic nitrogens is 9. The van der Waals surface area contributed by atoms with E-state index in [1.807, 2.05) is 88.3 Å². The number of rotatable bonds is 2. The average molecular weight is 2040 g/mol. The molecule has 18 aromatic rings. The average Bonchev–Trinajstić information content (AvgIpc) is 1.61. The van der Waals surface area contributed by atoms with Crippen LogP contribution < -0.4 is 0 Å². The summed E-state index contributed by atoms with van der Waals surface area (Å²) < 4.78 is 41.7. The zero-order valence-corrected chi connectivity index (χ0v) is 98.6. The van der Waals surface area contributed by atoms with Crippen molar-refractivity contribution in [2.45, 2.75) is 380 Å². The van der Waals surface area contributed by atoms with E-state index >= 15 is 0 Å². The predicted molar refractivity (Wildman–Crippen MR) is 620 cm³/mol. The molecule has 0 saturated heterocycles. The van der Waals surface area contributed by atoms with Crippen molar-refractivity contribution >= 4 is 163 Å². The molecule has 0 saturated carbocycles. The molecular weight excluding hydrogens is 1870 g/mol. The van der Waals surface area contributed by atoms with Crippen molar-refractivity contribution in [3.05, 3.63) is 262 Å². The van der Waals surface area contributed by atoms with Gasteiger partial charge in [-0.05, 0) is 206 Å². The Hall–Kier alpha value is -10.3. The van der Waals surface area contributed by atoms with E-state index in [4.69, 9.17) is 17.4 Å². The van der Waals surface area contributed by atoms with Gasteiger partial charge in [0.25, 0.3) is 0 Å². The topological polar surface area (TPSA) is 203 Å². The number of fused-ring (bicyclic) bond motifs is 9. The van der Waals surface area contributed by atoms with Gasteiger partial charge in [0.05, 0.1) is 60.5 Å². The fraction of sp³-hybridized carbons (Fsp3) is 0.472. The number of furan rings is 3. The van der Waals surface area contributed by atoms with Crippen LogP contribution in [0.3, 0.4) is 0 Å². The molecule has 0 unspecified atom stereocenters. The number of hydrogen-bond donors (Lipinski definition) is 0. The molecule has 143 heavy (non-hydrogen) atoms. The van der Waals surface area contributed by atoms with Crippen LogP contribution >= 0.6 is 68.0 Å². The van der Waals surface area contributed by atoms with Gasteiger partial charge in [-0.25, -0.2) is 19.9 Å². The first-order valence-corrected chi connectivity index (χ1v) is 54.6. The van der Waals surface area contributed by atoms with Gasteiger partial charge in [-0.15, -0.1) is 68.0 Å². The summed E-state index contributed by atoms with van der Waals surface area (Å²) in [6.07, 6.45) is 16.9. The van der Waals surface area contributed by atoms with Crippen LogP contribution in [0, 0.1) is 22.7 Å². The Labute approximate surface area is 882 Å². The molecule has 0 fully saturated rings. The molecular formula is C123H159N11O3S6. The second-order valence-electron chi connectivity index (χ2n) is 51.2. The number of thiophene rings is 6. The molecule has 0 bridgehead atoms. The predicted octanol–water partition coefficient (Wildman–Crippen LogP) is 38.1. The second kappa shape index (κ2) is 43.8. The van der Waals surface area contributed by atoms with Crippen LogP contribution in [0.2, 0.25) is 0 Å². The number of nitriles is 2. The summed E-state index contributed by atoms with van der Waals surface area (Å²) in [7, 11) is 0. The molecule has 0 radical (unpaired) electrons. The molecule has 0 N–H and O–H groups in total. The third-order valence-corrected chi connectivity index (χ3v) is 33.4. The Morgan fingerprint density at radius 3 is 0.944 bits per heavy atom. The molecule has 0 aromatic carbocycles. The molecule has 14 nitrogen and oxygen atoms in total. The van der Waals surface area contributed by atoms with E-state index in [2.05, 4.69) is 415 Å². The summed E-state index contributed by atoms with van der Waals surface area (Å²) in [5.41, 5.74) is 21.3. The molecule has 0 spiro atoms. The normalized spacial score (nSPS) is 13.0. The molecule has 0 atom stereocenters. The van der Waals surface area contributed by atoms with Crippen molar-refractivity contribution in [3.8, 4) is 12.1 Å². The Bertz CT molecular complexity index is 7070. The van der Waals surface area contributed by atoms with Gasteiger partial charge in [-0.3, -0.25) is 24.9 Å². The first-order valence-electron chi connectivity index (χ1n) is 51.2. The Balaban J connectivity index is 0.000000169. The smallest absolute Gasteiger partial charge is 0.226 e. The quantitative estimate of drug-likeness (QED) is 0.158. The summed E-state index contributed by atoms with van der Waals surface area (Å²) in [5, 5.41) is 23.4. The van der Waals surface area contributed by atoms with Crippen molar-refractivity contribution in [3.63, 3.8) is 0 Å². The minimum Gasteiger partial charge on any atom is -0.462 e. The Morgan fingerprint density at radius 2 is 0.559 bits per heavy atom. The first kappa shape index (κ1) is 110. The summed E-state index contributed by atoms with van der Waals surface area (Å²) in [6, 6.07) is 37.6. The maximum atomic E-state index is 9.32. The van der Waals surface area contributed by atoms with Crippen LogP contribution in [0.5, 0.6) is 0 Å². The summed E-state index contributed by atoms with van der Waals surface area (Å²) >= 11 is 10.9. The summed E-state index contributed by atoms with van der Waals surface area (Å²) in [5.74, 6) is 0.832. The fourth-order valence-electron chi connectivity index (χ4n) is 16.2. The highest BCUT2D eigenvalue weighted by Gasteiger charge is 2.32. The van der Waals surface area contributed by atoms with Crippen molar-refractivity contribution in [2.24, 2.45) is 0 Å². The largest absolute Gasteiger partial charge is 0.462 e. The van der Waals surface area contributed by atoms with E-state index in [1.54, 1.807) is 71.9 Å². The SMILES string of the molecule is CC(C)(C)c1cc2c(C(C)(C)C)c(C#N)cnc2s1.CC(C)(C)c1cc2c(C(C)(C)C)ccnc2s1.CC(C)(C)c1cc2c(C(C)(C)C)ccnc2s1.CC(C)(C)c1cc2ncc(C#N)c(C(C)(C)C)c2s1.CC(C)(C)c1cc2nccc(C(C)(C)C)c2s1.CC(C)(C)c1cc2nccc(C(C)(C)C)c2s1.[2H]c1cc2c(C(C)C)ccnc2o1.[2H]c1cc2nccc(C(C)(C)C)c2o1.[2H]c1cc2nccc(C(C)C)c2o1. The number of nitrogens with zero attached hydrogens (tertiary/aromatic N) is 11. The van der Waals surface area contributed by atoms with Crippen LogP contribution in [0.15, 0.2) is 185 Å². The van der Waals surface area contributed by atoms with Crippen LogP contribution in [-0.2, 0) is 70.4 Å². The highest BCUT2D eigenvalue weighted by molar-refractivity contribution is 7.21. The van der Waals surface area contributed by atoms with Crippen molar-refractivity contribution in [1.82, 2.24) is 44.9 Å². The van der Waals surface area contributed by atoms with Gasteiger partial charge in [0, 0.05) is 130 Å². The molecule has 20 heteroatoms. The lowest BCUT2D eigenvalue weighted by molar-refractivity contribution is 0.558. The lowest BCUT2D eigenvalue weighted by Gasteiger charge is -2.21. The Morgan fingerprint density at radius 1 is 0.259 bits per heavy atom. The highest BCUT2D eigenvalue weighted by atomic mass is 32.1. The van der Waals surface area contributed by atoms with E-state index in [0.29, 0.717) is 28.7 Å². The molecule has 0 aliphatic rings.